The summed E-state index contributed by atoms with van der Waals surface area (Å²) in [5.41, 5.74) is 0. The molecule has 1 aliphatic carbocycles. The molecule has 1 fully saturated rings. The third kappa shape index (κ3) is 5.19. The summed E-state index contributed by atoms with van der Waals surface area (Å²) in [6.45, 7) is 2.61. The van der Waals surface area contributed by atoms with Crippen LogP contribution in [0.5, 0.6) is 0 Å². The van der Waals surface area contributed by atoms with Gasteiger partial charge in [0.15, 0.2) is 0 Å². The number of amides is 1. The molecule has 1 aliphatic rings. The van der Waals surface area contributed by atoms with Crippen molar-refractivity contribution in [1.82, 2.24) is 4.90 Å². The lowest BCUT2D eigenvalue weighted by Crippen LogP contribution is -2.43. The van der Waals surface area contributed by atoms with Gasteiger partial charge in [-0.25, -0.2) is 0 Å². The molecular formula is C14H25NO4. The van der Waals surface area contributed by atoms with Gasteiger partial charge in [0.25, 0.3) is 0 Å². The van der Waals surface area contributed by atoms with Crippen molar-refractivity contribution in [2.45, 2.75) is 45.1 Å². The van der Waals surface area contributed by atoms with Gasteiger partial charge in [-0.1, -0.05) is 19.8 Å². The minimum atomic E-state index is -0.348. The van der Waals surface area contributed by atoms with E-state index in [1.165, 1.54) is 7.11 Å². The van der Waals surface area contributed by atoms with Crippen molar-refractivity contribution in [3.05, 3.63) is 0 Å². The summed E-state index contributed by atoms with van der Waals surface area (Å²) in [7, 11) is 2.98. The normalized spacial score (nSPS) is 17.2. The molecule has 1 rings (SSSR count). The molecule has 1 atom stereocenters. The first kappa shape index (κ1) is 16.0. The molecule has 0 saturated heterocycles. The van der Waals surface area contributed by atoms with Gasteiger partial charge in [-0.15, -0.1) is 0 Å². The third-order valence-electron chi connectivity index (χ3n) is 3.59. The maximum Gasteiger partial charge on any atom is 0.325 e. The molecule has 0 spiro atoms. The maximum absolute atomic E-state index is 12.3. The van der Waals surface area contributed by atoms with Crippen LogP contribution in [0.4, 0.5) is 0 Å². The summed E-state index contributed by atoms with van der Waals surface area (Å²) >= 11 is 0. The molecule has 0 N–H and O–H groups in total. The van der Waals surface area contributed by atoms with E-state index in [-0.39, 0.29) is 30.4 Å². The van der Waals surface area contributed by atoms with Crippen molar-refractivity contribution in [2.24, 2.45) is 5.92 Å². The Bertz CT molecular complexity index is 300. The molecule has 19 heavy (non-hydrogen) atoms. The topological polar surface area (TPSA) is 55.8 Å². The SMILES string of the molecule is COCC(C)CC(=O)N(CC(=O)OC)C1CCCC1. The van der Waals surface area contributed by atoms with Crippen LogP contribution in [0.2, 0.25) is 0 Å². The van der Waals surface area contributed by atoms with Crippen molar-refractivity contribution >= 4 is 11.9 Å². The number of esters is 1. The summed E-state index contributed by atoms with van der Waals surface area (Å²) in [6.07, 6.45) is 4.65. The minimum absolute atomic E-state index is 0.0295. The van der Waals surface area contributed by atoms with E-state index >= 15 is 0 Å². The van der Waals surface area contributed by atoms with Crippen molar-refractivity contribution in [3.8, 4) is 0 Å². The van der Waals surface area contributed by atoms with Gasteiger partial charge in [-0.05, 0) is 18.8 Å². The van der Waals surface area contributed by atoms with E-state index in [9.17, 15) is 9.59 Å². The monoisotopic (exact) mass is 271 g/mol. The van der Waals surface area contributed by atoms with Crippen LogP contribution < -0.4 is 0 Å². The van der Waals surface area contributed by atoms with Crippen LogP contribution in [0.15, 0.2) is 0 Å². The lowest BCUT2D eigenvalue weighted by molar-refractivity contribution is -0.149. The average Bonchev–Trinajstić information content (AvgIpc) is 2.89. The summed E-state index contributed by atoms with van der Waals surface area (Å²) in [5.74, 6) is -0.152. The van der Waals surface area contributed by atoms with Crippen LogP contribution in [0.25, 0.3) is 0 Å². The predicted molar refractivity (Wildman–Crippen MR) is 71.6 cm³/mol. The zero-order chi connectivity index (χ0) is 14.3. The molecule has 0 aromatic carbocycles. The Labute approximate surface area is 115 Å². The van der Waals surface area contributed by atoms with Gasteiger partial charge in [0.2, 0.25) is 5.91 Å². The summed E-state index contributed by atoms with van der Waals surface area (Å²) in [6, 6.07) is 0.196. The van der Waals surface area contributed by atoms with Crippen LogP contribution >= 0.6 is 0 Å². The van der Waals surface area contributed by atoms with E-state index in [0.29, 0.717) is 13.0 Å². The average molecular weight is 271 g/mol. The lowest BCUT2D eigenvalue weighted by atomic mass is 10.1. The molecule has 0 heterocycles. The highest BCUT2D eigenvalue weighted by Gasteiger charge is 2.29. The van der Waals surface area contributed by atoms with Gasteiger partial charge in [0, 0.05) is 26.2 Å². The Morgan fingerprint density at radius 3 is 2.42 bits per heavy atom. The van der Waals surface area contributed by atoms with E-state index in [1.54, 1.807) is 12.0 Å². The predicted octanol–water partition coefficient (Wildman–Crippen LogP) is 1.60. The Morgan fingerprint density at radius 2 is 1.89 bits per heavy atom. The summed E-state index contributed by atoms with van der Waals surface area (Å²) in [5, 5.41) is 0. The van der Waals surface area contributed by atoms with E-state index in [1.807, 2.05) is 6.92 Å². The van der Waals surface area contributed by atoms with Crippen molar-refractivity contribution in [2.75, 3.05) is 27.4 Å². The highest BCUT2D eigenvalue weighted by Crippen LogP contribution is 2.24. The standard InChI is InChI=1S/C14H25NO4/c1-11(10-18-2)8-13(16)15(9-14(17)19-3)12-6-4-5-7-12/h11-12H,4-10H2,1-3H3. The molecule has 5 heteroatoms. The van der Waals surface area contributed by atoms with E-state index < -0.39 is 0 Å². The maximum atomic E-state index is 12.3. The fourth-order valence-corrected chi connectivity index (χ4v) is 2.60. The number of hydrogen-bond donors (Lipinski definition) is 0. The van der Waals surface area contributed by atoms with Crippen LogP contribution in [-0.2, 0) is 19.1 Å². The second kappa shape index (κ2) is 8.15. The number of methoxy groups -OCH3 is 2. The van der Waals surface area contributed by atoms with E-state index in [2.05, 4.69) is 4.74 Å². The Morgan fingerprint density at radius 1 is 1.26 bits per heavy atom. The van der Waals surface area contributed by atoms with Gasteiger partial charge in [0.1, 0.15) is 6.54 Å². The zero-order valence-electron chi connectivity index (χ0n) is 12.2. The number of rotatable bonds is 7. The highest BCUT2D eigenvalue weighted by atomic mass is 16.5. The molecular weight excluding hydrogens is 246 g/mol. The van der Waals surface area contributed by atoms with Crippen LogP contribution in [0.3, 0.4) is 0 Å². The van der Waals surface area contributed by atoms with Crippen molar-refractivity contribution in [3.63, 3.8) is 0 Å². The second-order valence-electron chi connectivity index (χ2n) is 5.30. The smallest absolute Gasteiger partial charge is 0.325 e. The van der Waals surface area contributed by atoms with Gasteiger partial charge in [0.05, 0.1) is 7.11 Å². The van der Waals surface area contributed by atoms with Gasteiger partial charge >= 0.3 is 5.97 Å². The van der Waals surface area contributed by atoms with Crippen LogP contribution in [-0.4, -0.2) is 50.2 Å². The van der Waals surface area contributed by atoms with E-state index in [0.717, 1.165) is 25.7 Å². The molecule has 0 aliphatic heterocycles. The molecule has 0 aromatic heterocycles. The van der Waals surface area contributed by atoms with E-state index in [4.69, 9.17) is 4.74 Å². The number of hydrogen-bond acceptors (Lipinski definition) is 4. The Hall–Kier alpha value is -1.10. The number of carbonyl (C=O) groups is 2. The molecule has 0 aromatic rings. The molecule has 0 radical (unpaired) electrons. The molecule has 1 unspecified atom stereocenters. The minimum Gasteiger partial charge on any atom is -0.468 e. The number of carbonyl (C=O) groups excluding carboxylic acids is 2. The van der Waals surface area contributed by atoms with Crippen molar-refractivity contribution in [1.29, 1.82) is 0 Å². The molecule has 5 nitrogen and oxygen atoms in total. The number of nitrogens with zero attached hydrogens (tertiary/aromatic N) is 1. The summed E-state index contributed by atoms with van der Waals surface area (Å²) in [4.78, 5) is 25.5. The van der Waals surface area contributed by atoms with Crippen LogP contribution in [0, 0.1) is 5.92 Å². The first-order chi connectivity index (χ1) is 9.08. The molecule has 0 bridgehead atoms. The second-order valence-corrected chi connectivity index (χ2v) is 5.30. The Balaban J connectivity index is 2.60. The quantitative estimate of drug-likeness (QED) is 0.660. The highest BCUT2D eigenvalue weighted by molar-refractivity contribution is 5.82. The third-order valence-corrected chi connectivity index (χ3v) is 3.59. The largest absolute Gasteiger partial charge is 0.468 e. The van der Waals surface area contributed by atoms with Gasteiger partial charge in [-0.2, -0.15) is 0 Å². The molecule has 1 amide bonds. The fourth-order valence-electron chi connectivity index (χ4n) is 2.60. The van der Waals surface area contributed by atoms with Crippen molar-refractivity contribution < 1.29 is 19.1 Å². The number of ether oxygens (including phenoxy) is 2. The molecule has 1 saturated carbocycles. The lowest BCUT2D eigenvalue weighted by Gasteiger charge is -2.29. The van der Waals surface area contributed by atoms with Gasteiger partial charge < -0.3 is 14.4 Å². The van der Waals surface area contributed by atoms with Crippen LogP contribution in [0.1, 0.15) is 39.0 Å². The summed E-state index contributed by atoms with van der Waals surface area (Å²) < 4.78 is 9.74. The molecule has 110 valence electrons. The Kier molecular flexibility index (Phi) is 6.84. The first-order valence-electron chi connectivity index (χ1n) is 6.93. The van der Waals surface area contributed by atoms with Gasteiger partial charge in [-0.3, -0.25) is 9.59 Å². The first-order valence-corrected chi connectivity index (χ1v) is 6.93. The fraction of sp³-hybridized carbons (Fsp3) is 0.857. The zero-order valence-corrected chi connectivity index (χ0v) is 12.2.